The molecule has 1 aliphatic rings. The molecular weight excluding hydrogens is 192 g/mol. The summed E-state index contributed by atoms with van der Waals surface area (Å²) in [5, 5.41) is 8.34. The summed E-state index contributed by atoms with van der Waals surface area (Å²) in [6.45, 7) is 3.63. The van der Waals surface area contributed by atoms with Crippen LogP contribution in [0.1, 0.15) is 19.8 Å². The summed E-state index contributed by atoms with van der Waals surface area (Å²) in [6.07, 6.45) is -0.649. The fourth-order valence-electron chi connectivity index (χ4n) is 1.81. The van der Waals surface area contributed by atoms with Gasteiger partial charge in [-0.05, 0) is 19.5 Å². The van der Waals surface area contributed by atoms with E-state index in [1.54, 1.807) is 0 Å². The van der Waals surface area contributed by atoms with Gasteiger partial charge < -0.3 is 10.0 Å². The third-order valence-corrected chi connectivity index (χ3v) is 2.70. The Labute approximate surface area is 81.7 Å². The molecule has 1 unspecified atom stereocenters. The summed E-state index contributed by atoms with van der Waals surface area (Å²) in [4.78, 5) is 12.1. The molecule has 1 rings (SSSR count). The first-order valence-corrected chi connectivity index (χ1v) is 4.77. The Balaban J connectivity index is 2.52. The zero-order valence-corrected chi connectivity index (χ0v) is 8.17. The van der Waals surface area contributed by atoms with Crippen LogP contribution in [0.25, 0.3) is 0 Å². The molecule has 1 saturated heterocycles. The maximum atomic E-state index is 13.3. The Bertz CT molecular complexity index is 221. The Kier molecular flexibility index (Phi) is 3.42. The highest BCUT2D eigenvalue weighted by molar-refractivity contribution is 5.67. The zero-order valence-electron chi connectivity index (χ0n) is 8.17. The molecule has 1 fully saturated rings. The van der Waals surface area contributed by atoms with E-state index in [0.717, 1.165) is 6.54 Å². The molecule has 1 atom stereocenters. The molecule has 0 bridgehead atoms. The lowest BCUT2D eigenvalue weighted by Crippen LogP contribution is -2.33. The average molecular weight is 207 g/mol. The Morgan fingerprint density at radius 2 is 2.29 bits per heavy atom. The van der Waals surface area contributed by atoms with Gasteiger partial charge in [-0.2, -0.15) is 0 Å². The van der Waals surface area contributed by atoms with Gasteiger partial charge in [-0.3, -0.25) is 4.79 Å². The van der Waals surface area contributed by atoms with Gasteiger partial charge in [0.2, 0.25) is 0 Å². The fourth-order valence-corrected chi connectivity index (χ4v) is 1.81. The third kappa shape index (κ3) is 2.64. The van der Waals surface area contributed by atoms with Gasteiger partial charge >= 0.3 is 5.97 Å². The summed E-state index contributed by atoms with van der Waals surface area (Å²) in [6, 6.07) is 0. The standard InChI is InChI=1S/C9H15F2NO2/c1-2-12-4-3-7(6-12)9(10,11)5-8(13)14/h7H,2-6H2,1H3,(H,13,14). The highest BCUT2D eigenvalue weighted by Crippen LogP contribution is 2.34. The van der Waals surface area contributed by atoms with Crippen molar-refractivity contribution in [3.63, 3.8) is 0 Å². The number of hydrogen-bond donors (Lipinski definition) is 1. The molecule has 0 aromatic rings. The van der Waals surface area contributed by atoms with Crippen molar-refractivity contribution in [1.29, 1.82) is 0 Å². The molecule has 1 heterocycles. The molecule has 82 valence electrons. The topological polar surface area (TPSA) is 40.5 Å². The molecular formula is C9H15F2NO2. The minimum Gasteiger partial charge on any atom is -0.481 e. The van der Waals surface area contributed by atoms with E-state index in [9.17, 15) is 13.6 Å². The van der Waals surface area contributed by atoms with Crippen molar-refractivity contribution in [3.05, 3.63) is 0 Å². The molecule has 1 aliphatic heterocycles. The van der Waals surface area contributed by atoms with Crippen LogP contribution in [0, 0.1) is 5.92 Å². The third-order valence-electron chi connectivity index (χ3n) is 2.70. The molecule has 0 saturated carbocycles. The monoisotopic (exact) mass is 207 g/mol. The van der Waals surface area contributed by atoms with Crippen LogP contribution in [0.4, 0.5) is 8.78 Å². The lowest BCUT2D eigenvalue weighted by atomic mass is 9.98. The maximum absolute atomic E-state index is 13.3. The Morgan fingerprint density at radius 1 is 1.64 bits per heavy atom. The van der Waals surface area contributed by atoms with Gasteiger partial charge in [0.05, 0.1) is 0 Å². The second-order valence-electron chi connectivity index (χ2n) is 3.71. The normalized spacial score (nSPS) is 24.1. The molecule has 0 aliphatic carbocycles. The van der Waals surface area contributed by atoms with Crippen LogP contribution < -0.4 is 0 Å². The van der Waals surface area contributed by atoms with E-state index in [0.29, 0.717) is 19.5 Å². The Morgan fingerprint density at radius 3 is 2.71 bits per heavy atom. The van der Waals surface area contributed by atoms with Gasteiger partial charge in [0, 0.05) is 12.5 Å². The second-order valence-corrected chi connectivity index (χ2v) is 3.71. The number of alkyl halides is 2. The van der Waals surface area contributed by atoms with Crippen molar-refractivity contribution in [1.82, 2.24) is 4.90 Å². The molecule has 5 heteroatoms. The number of hydrogen-bond acceptors (Lipinski definition) is 2. The minimum atomic E-state index is -3.06. The van der Waals surface area contributed by atoms with Crippen LogP contribution in [0.15, 0.2) is 0 Å². The van der Waals surface area contributed by atoms with Crippen molar-refractivity contribution in [2.75, 3.05) is 19.6 Å². The first kappa shape index (κ1) is 11.4. The Hall–Kier alpha value is -0.710. The highest BCUT2D eigenvalue weighted by Gasteiger charge is 2.44. The summed E-state index contributed by atoms with van der Waals surface area (Å²) in [5.41, 5.74) is 0. The lowest BCUT2D eigenvalue weighted by Gasteiger charge is -2.21. The largest absolute Gasteiger partial charge is 0.481 e. The summed E-state index contributed by atoms with van der Waals surface area (Å²) in [5.74, 6) is -5.28. The lowest BCUT2D eigenvalue weighted by molar-refractivity contribution is -0.148. The number of carbonyl (C=O) groups is 1. The van der Waals surface area contributed by atoms with Crippen molar-refractivity contribution in [2.24, 2.45) is 5.92 Å². The number of likely N-dealkylation sites (tertiary alicyclic amines) is 1. The highest BCUT2D eigenvalue weighted by atomic mass is 19.3. The van der Waals surface area contributed by atoms with E-state index < -0.39 is 24.2 Å². The quantitative estimate of drug-likeness (QED) is 0.758. The predicted molar refractivity (Wildman–Crippen MR) is 47.4 cm³/mol. The first-order valence-electron chi connectivity index (χ1n) is 4.77. The van der Waals surface area contributed by atoms with Gasteiger partial charge in [-0.15, -0.1) is 0 Å². The van der Waals surface area contributed by atoms with Gasteiger partial charge in [0.25, 0.3) is 5.92 Å². The van der Waals surface area contributed by atoms with Crippen LogP contribution in [0.5, 0.6) is 0 Å². The molecule has 3 nitrogen and oxygen atoms in total. The van der Waals surface area contributed by atoms with Gasteiger partial charge in [-0.25, -0.2) is 8.78 Å². The zero-order chi connectivity index (χ0) is 10.8. The molecule has 0 spiro atoms. The number of halogens is 2. The van der Waals surface area contributed by atoms with E-state index in [4.69, 9.17) is 5.11 Å². The van der Waals surface area contributed by atoms with Crippen LogP contribution in [0.2, 0.25) is 0 Å². The van der Waals surface area contributed by atoms with Gasteiger partial charge in [0.15, 0.2) is 0 Å². The number of carboxylic acids is 1. The van der Waals surface area contributed by atoms with Crippen molar-refractivity contribution in [3.8, 4) is 0 Å². The first-order chi connectivity index (χ1) is 6.45. The smallest absolute Gasteiger partial charge is 0.309 e. The summed E-state index contributed by atoms with van der Waals surface area (Å²) >= 11 is 0. The predicted octanol–water partition coefficient (Wildman–Crippen LogP) is 1.44. The van der Waals surface area contributed by atoms with E-state index in [1.807, 2.05) is 11.8 Å². The minimum absolute atomic E-state index is 0.316. The number of aliphatic carboxylic acids is 1. The average Bonchev–Trinajstić information content (AvgIpc) is 2.49. The van der Waals surface area contributed by atoms with Crippen molar-refractivity contribution in [2.45, 2.75) is 25.7 Å². The summed E-state index contributed by atoms with van der Waals surface area (Å²) < 4.78 is 26.6. The number of rotatable bonds is 4. The maximum Gasteiger partial charge on any atom is 0.309 e. The van der Waals surface area contributed by atoms with Crippen molar-refractivity contribution >= 4 is 5.97 Å². The summed E-state index contributed by atoms with van der Waals surface area (Å²) in [7, 11) is 0. The van der Waals surface area contributed by atoms with Crippen LogP contribution in [0.3, 0.4) is 0 Å². The molecule has 1 N–H and O–H groups in total. The van der Waals surface area contributed by atoms with Gasteiger partial charge in [-0.1, -0.05) is 6.92 Å². The SMILES string of the molecule is CCN1CCC(C(F)(F)CC(=O)O)C1. The molecule has 0 aromatic heterocycles. The van der Waals surface area contributed by atoms with Crippen molar-refractivity contribution < 1.29 is 18.7 Å². The molecule has 14 heavy (non-hydrogen) atoms. The molecule has 0 radical (unpaired) electrons. The van der Waals surface area contributed by atoms with E-state index in [-0.39, 0.29) is 0 Å². The van der Waals surface area contributed by atoms with E-state index in [2.05, 4.69) is 0 Å². The van der Waals surface area contributed by atoms with Crippen LogP contribution in [-0.2, 0) is 4.79 Å². The van der Waals surface area contributed by atoms with Crippen LogP contribution in [-0.4, -0.2) is 41.5 Å². The number of nitrogens with zero attached hydrogens (tertiary/aromatic N) is 1. The molecule has 0 amide bonds. The number of carboxylic acid groups (broad SMARTS) is 1. The second kappa shape index (κ2) is 4.21. The van der Waals surface area contributed by atoms with Gasteiger partial charge in [0.1, 0.15) is 6.42 Å². The van der Waals surface area contributed by atoms with E-state index in [1.165, 1.54) is 0 Å². The van der Waals surface area contributed by atoms with E-state index >= 15 is 0 Å². The van der Waals surface area contributed by atoms with Crippen LogP contribution >= 0.6 is 0 Å². The molecule has 0 aromatic carbocycles. The fraction of sp³-hybridized carbons (Fsp3) is 0.889.